The molecule has 0 saturated heterocycles. The maximum absolute atomic E-state index is 10.5. The fourth-order valence-electron chi connectivity index (χ4n) is 3.97. The van der Waals surface area contributed by atoms with Gasteiger partial charge in [-0.05, 0) is 24.1 Å². The molecule has 0 amide bonds. The lowest BCUT2D eigenvalue weighted by molar-refractivity contribution is 0.149. The number of benzene rings is 2. The van der Waals surface area contributed by atoms with Crippen molar-refractivity contribution in [3.05, 3.63) is 41.0 Å². The molecule has 2 aromatic rings. The summed E-state index contributed by atoms with van der Waals surface area (Å²) in [4.78, 5) is 0. The van der Waals surface area contributed by atoms with Gasteiger partial charge in [0.2, 0.25) is 18.3 Å². The SMILES string of the molecule is COc1ccc(C2CC(O)Cc3c(OC)c4c(c(OC)c32)OCO4)cc1. The van der Waals surface area contributed by atoms with Crippen molar-refractivity contribution in [2.45, 2.75) is 24.9 Å². The smallest absolute Gasteiger partial charge is 0.231 e. The third-order valence-corrected chi connectivity index (χ3v) is 5.09. The molecule has 1 heterocycles. The van der Waals surface area contributed by atoms with E-state index in [4.69, 9.17) is 23.7 Å². The van der Waals surface area contributed by atoms with E-state index in [1.807, 2.05) is 24.3 Å². The maximum Gasteiger partial charge on any atom is 0.231 e. The Morgan fingerprint density at radius 1 is 0.923 bits per heavy atom. The number of fused-ring (bicyclic) bond motifs is 2. The van der Waals surface area contributed by atoms with E-state index >= 15 is 0 Å². The van der Waals surface area contributed by atoms with Gasteiger partial charge < -0.3 is 28.8 Å². The lowest BCUT2D eigenvalue weighted by atomic mass is 9.76. The van der Waals surface area contributed by atoms with Crippen LogP contribution >= 0.6 is 0 Å². The number of aliphatic hydroxyl groups is 1. The largest absolute Gasteiger partial charge is 0.497 e. The Morgan fingerprint density at radius 2 is 1.58 bits per heavy atom. The zero-order chi connectivity index (χ0) is 18.3. The topological polar surface area (TPSA) is 66.4 Å². The molecular formula is C20H22O6. The molecule has 138 valence electrons. The van der Waals surface area contributed by atoms with Gasteiger partial charge >= 0.3 is 0 Å². The van der Waals surface area contributed by atoms with Crippen molar-refractivity contribution >= 4 is 0 Å². The van der Waals surface area contributed by atoms with Crippen LogP contribution in [0.4, 0.5) is 0 Å². The number of hydrogen-bond acceptors (Lipinski definition) is 6. The van der Waals surface area contributed by atoms with Crippen molar-refractivity contribution in [2.75, 3.05) is 28.1 Å². The highest BCUT2D eigenvalue weighted by atomic mass is 16.7. The van der Waals surface area contributed by atoms with Gasteiger partial charge in [0, 0.05) is 23.5 Å². The number of methoxy groups -OCH3 is 3. The van der Waals surface area contributed by atoms with Gasteiger partial charge in [-0.1, -0.05) is 12.1 Å². The Morgan fingerprint density at radius 3 is 2.19 bits per heavy atom. The van der Waals surface area contributed by atoms with E-state index in [-0.39, 0.29) is 12.7 Å². The molecule has 1 N–H and O–H groups in total. The molecule has 6 nitrogen and oxygen atoms in total. The van der Waals surface area contributed by atoms with Crippen LogP contribution in [0.1, 0.15) is 29.0 Å². The van der Waals surface area contributed by atoms with E-state index in [2.05, 4.69) is 0 Å². The van der Waals surface area contributed by atoms with E-state index in [1.54, 1.807) is 21.3 Å². The molecule has 0 fully saturated rings. The molecule has 4 rings (SSSR count). The van der Waals surface area contributed by atoms with Crippen molar-refractivity contribution in [2.24, 2.45) is 0 Å². The van der Waals surface area contributed by atoms with Gasteiger partial charge in [0.15, 0.2) is 11.5 Å². The average Bonchev–Trinajstić information content (AvgIpc) is 3.14. The summed E-state index contributed by atoms with van der Waals surface area (Å²) in [7, 11) is 4.87. The number of ether oxygens (including phenoxy) is 5. The van der Waals surface area contributed by atoms with Crippen molar-refractivity contribution in [3.63, 3.8) is 0 Å². The summed E-state index contributed by atoms with van der Waals surface area (Å²) in [5.41, 5.74) is 2.97. The third kappa shape index (κ3) is 2.52. The van der Waals surface area contributed by atoms with Crippen LogP contribution in [0.15, 0.2) is 24.3 Å². The van der Waals surface area contributed by atoms with Crippen molar-refractivity contribution in [1.29, 1.82) is 0 Å². The first kappa shape index (κ1) is 16.8. The van der Waals surface area contributed by atoms with Crippen molar-refractivity contribution < 1.29 is 28.8 Å². The Balaban J connectivity index is 1.93. The fourth-order valence-corrected chi connectivity index (χ4v) is 3.97. The summed E-state index contributed by atoms with van der Waals surface area (Å²) >= 11 is 0. The summed E-state index contributed by atoms with van der Waals surface area (Å²) in [5.74, 6) is 3.13. The van der Waals surface area contributed by atoms with Crippen LogP contribution in [0.25, 0.3) is 0 Å². The normalized spacial score (nSPS) is 20.5. The monoisotopic (exact) mass is 358 g/mol. The molecule has 0 aromatic heterocycles. The standard InChI is InChI=1S/C20H22O6/c1-22-13-6-4-11(5-7-13)14-8-12(21)9-15-16(14)18(24-3)20-19(17(15)23-2)25-10-26-20/h4-7,12,14,21H,8-10H2,1-3H3. The zero-order valence-corrected chi connectivity index (χ0v) is 15.1. The summed E-state index contributed by atoms with van der Waals surface area (Å²) in [5, 5.41) is 10.5. The van der Waals surface area contributed by atoms with Gasteiger partial charge in [-0.15, -0.1) is 0 Å². The van der Waals surface area contributed by atoms with Crippen molar-refractivity contribution in [3.8, 4) is 28.7 Å². The van der Waals surface area contributed by atoms with Crippen LogP contribution in [0.5, 0.6) is 28.7 Å². The minimum Gasteiger partial charge on any atom is -0.497 e. The van der Waals surface area contributed by atoms with Gasteiger partial charge in [-0.3, -0.25) is 0 Å². The number of rotatable bonds is 4. The second-order valence-corrected chi connectivity index (χ2v) is 6.44. The lowest BCUT2D eigenvalue weighted by Gasteiger charge is -2.32. The predicted molar refractivity (Wildman–Crippen MR) is 94.8 cm³/mol. The van der Waals surface area contributed by atoms with Gasteiger partial charge in [0.05, 0.1) is 27.4 Å². The summed E-state index contributed by atoms with van der Waals surface area (Å²) in [6, 6.07) is 7.88. The highest BCUT2D eigenvalue weighted by Gasteiger charge is 2.38. The molecule has 2 aliphatic rings. The third-order valence-electron chi connectivity index (χ3n) is 5.09. The first-order valence-corrected chi connectivity index (χ1v) is 8.56. The first-order valence-electron chi connectivity index (χ1n) is 8.56. The molecule has 26 heavy (non-hydrogen) atoms. The van der Waals surface area contributed by atoms with Crippen LogP contribution in [0.3, 0.4) is 0 Å². The van der Waals surface area contributed by atoms with Gasteiger partial charge in [-0.25, -0.2) is 0 Å². The van der Waals surface area contributed by atoms with Crippen LogP contribution in [-0.2, 0) is 6.42 Å². The second-order valence-electron chi connectivity index (χ2n) is 6.44. The van der Waals surface area contributed by atoms with Crippen LogP contribution in [0, 0.1) is 0 Å². The molecule has 2 aromatic carbocycles. The summed E-state index contributed by atoms with van der Waals surface area (Å²) < 4.78 is 27.9. The quantitative estimate of drug-likeness (QED) is 0.907. The number of hydrogen-bond donors (Lipinski definition) is 1. The molecule has 2 unspecified atom stereocenters. The molecule has 1 aliphatic heterocycles. The van der Waals surface area contributed by atoms with Crippen LogP contribution in [-0.4, -0.2) is 39.3 Å². The van der Waals surface area contributed by atoms with E-state index in [9.17, 15) is 5.11 Å². The highest BCUT2D eigenvalue weighted by Crippen LogP contribution is 2.57. The Labute approximate surface area is 152 Å². The highest BCUT2D eigenvalue weighted by molar-refractivity contribution is 5.70. The average molecular weight is 358 g/mol. The molecule has 0 spiro atoms. The molecule has 2 atom stereocenters. The predicted octanol–water partition coefficient (Wildman–Crippen LogP) is 2.88. The van der Waals surface area contributed by atoms with E-state index in [1.165, 1.54) is 0 Å². The Hall–Kier alpha value is -2.60. The molecular weight excluding hydrogens is 336 g/mol. The molecule has 1 aliphatic carbocycles. The van der Waals surface area contributed by atoms with Crippen molar-refractivity contribution in [1.82, 2.24) is 0 Å². The van der Waals surface area contributed by atoms with Gasteiger partial charge in [0.25, 0.3) is 0 Å². The first-order chi connectivity index (χ1) is 12.7. The molecule has 0 saturated carbocycles. The molecule has 6 heteroatoms. The van der Waals surface area contributed by atoms with Gasteiger partial charge in [-0.2, -0.15) is 0 Å². The molecule has 0 bridgehead atoms. The van der Waals surface area contributed by atoms with E-state index in [0.29, 0.717) is 35.8 Å². The Bertz CT molecular complexity index is 814. The Kier molecular flexibility index (Phi) is 4.28. The molecule has 0 radical (unpaired) electrons. The minimum atomic E-state index is -0.478. The number of aliphatic hydroxyl groups excluding tert-OH is 1. The van der Waals surface area contributed by atoms with Gasteiger partial charge in [0.1, 0.15) is 5.75 Å². The maximum atomic E-state index is 10.5. The zero-order valence-electron chi connectivity index (χ0n) is 15.1. The van der Waals surface area contributed by atoms with Crippen LogP contribution < -0.4 is 23.7 Å². The summed E-state index contributed by atoms with van der Waals surface area (Å²) in [6.45, 7) is 0.126. The second kappa shape index (κ2) is 6.61. The van der Waals surface area contributed by atoms with Crippen LogP contribution in [0.2, 0.25) is 0 Å². The minimum absolute atomic E-state index is 0.0435. The van der Waals surface area contributed by atoms with E-state index < -0.39 is 6.10 Å². The fraction of sp³-hybridized carbons (Fsp3) is 0.400. The summed E-state index contributed by atoms with van der Waals surface area (Å²) in [6.07, 6.45) is 0.602. The lowest BCUT2D eigenvalue weighted by Crippen LogP contribution is -2.25. The van der Waals surface area contributed by atoms with E-state index in [0.717, 1.165) is 22.4 Å².